The molecule has 1 fully saturated rings. The van der Waals surface area contributed by atoms with Crippen molar-refractivity contribution in [1.29, 1.82) is 0 Å². The Morgan fingerprint density at radius 1 is 1.17 bits per heavy atom. The van der Waals surface area contributed by atoms with Crippen LogP contribution in [0, 0.1) is 5.92 Å². The first-order chi connectivity index (χ1) is 11.0. The van der Waals surface area contributed by atoms with Gasteiger partial charge in [-0.15, -0.1) is 0 Å². The highest BCUT2D eigenvalue weighted by Gasteiger charge is 2.33. The van der Waals surface area contributed by atoms with E-state index in [4.69, 9.17) is 11.6 Å². The van der Waals surface area contributed by atoms with Crippen LogP contribution in [0.5, 0.6) is 0 Å². The monoisotopic (exact) mass is 375 g/mol. The summed E-state index contributed by atoms with van der Waals surface area (Å²) in [6.07, 6.45) is -6.88. The van der Waals surface area contributed by atoms with Gasteiger partial charge in [0.1, 0.15) is 5.82 Å². The molecule has 0 bridgehead atoms. The average molecular weight is 376 g/mol. The molecule has 0 atom stereocenters. The van der Waals surface area contributed by atoms with Gasteiger partial charge in [0, 0.05) is 12.7 Å². The van der Waals surface area contributed by atoms with Crippen molar-refractivity contribution in [3.8, 4) is 0 Å². The lowest BCUT2D eigenvalue weighted by Gasteiger charge is -2.32. The highest BCUT2D eigenvalue weighted by atomic mass is 35.5. The van der Waals surface area contributed by atoms with Gasteiger partial charge < -0.3 is 5.32 Å². The van der Waals surface area contributed by atoms with E-state index in [0.717, 1.165) is 6.07 Å². The molecule has 1 saturated heterocycles. The first-order valence-corrected chi connectivity index (χ1v) is 7.68. The van der Waals surface area contributed by atoms with Crippen LogP contribution in [0.25, 0.3) is 0 Å². The van der Waals surface area contributed by atoms with E-state index in [1.807, 2.05) is 0 Å². The van der Waals surface area contributed by atoms with E-state index in [9.17, 15) is 26.3 Å². The van der Waals surface area contributed by atoms with Crippen LogP contribution in [0.2, 0.25) is 5.02 Å². The maximum Gasteiger partial charge on any atom is 0.417 e. The molecule has 0 aliphatic carbocycles. The van der Waals surface area contributed by atoms with Crippen molar-refractivity contribution in [3.63, 3.8) is 0 Å². The number of nitrogens with zero attached hydrogens (tertiary/aromatic N) is 2. The van der Waals surface area contributed by atoms with Gasteiger partial charge in [0.25, 0.3) is 0 Å². The van der Waals surface area contributed by atoms with E-state index >= 15 is 0 Å². The number of rotatable bonds is 4. The Labute approximate surface area is 140 Å². The Hall–Kier alpha value is -1.22. The van der Waals surface area contributed by atoms with Gasteiger partial charge in [-0.2, -0.15) is 26.3 Å². The normalized spacial score (nSPS) is 18.0. The van der Waals surface area contributed by atoms with E-state index in [0.29, 0.717) is 38.7 Å². The lowest BCUT2D eigenvalue weighted by molar-refractivity contribution is -0.148. The highest BCUT2D eigenvalue weighted by Crippen LogP contribution is 2.32. The lowest BCUT2D eigenvalue weighted by Crippen LogP contribution is -2.41. The number of likely N-dealkylation sites (tertiary alicyclic amines) is 1. The summed E-state index contributed by atoms with van der Waals surface area (Å²) in [6.45, 7) is 0.150. The van der Waals surface area contributed by atoms with Crippen LogP contribution < -0.4 is 5.32 Å². The van der Waals surface area contributed by atoms with Crippen LogP contribution in [0.3, 0.4) is 0 Å². The Kier molecular flexibility index (Phi) is 5.85. The number of pyridine rings is 1. The molecule has 10 heteroatoms. The van der Waals surface area contributed by atoms with E-state index < -0.39 is 24.5 Å². The summed E-state index contributed by atoms with van der Waals surface area (Å²) < 4.78 is 74.5. The molecule has 0 unspecified atom stereocenters. The zero-order chi connectivity index (χ0) is 18.0. The average Bonchev–Trinajstić information content (AvgIpc) is 2.45. The molecule has 0 spiro atoms. The molecule has 0 saturated carbocycles. The second kappa shape index (κ2) is 7.35. The number of halogens is 7. The Morgan fingerprint density at radius 2 is 1.79 bits per heavy atom. The predicted molar refractivity (Wildman–Crippen MR) is 78.0 cm³/mol. The van der Waals surface area contributed by atoms with Crippen molar-refractivity contribution in [2.24, 2.45) is 5.92 Å². The summed E-state index contributed by atoms with van der Waals surface area (Å²) in [5.41, 5.74) is -0.932. The second-order valence-electron chi connectivity index (χ2n) is 5.77. The lowest BCUT2D eigenvalue weighted by atomic mass is 9.97. The smallest absolute Gasteiger partial charge is 0.369 e. The quantitative estimate of drug-likeness (QED) is 0.789. The molecule has 0 radical (unpaired) electrons. The van der Waals surface area contributed by atoms with E-state index in [-0.39, 0.29) is 16.8 Å². The molecule has 1 aromatic rings. The van der Waals surface area contributed by atoms with Crippen LogP contribution in [0.15, 0.2) is 12.3 Å². The fourth-order valence-electron chi connectivity index (χ4n) is 2.57. The number of nitrogens with one attached hydrogen (secondary N) is 1. The second-order valence-corrected chi connectivity index (χ2v) is 6.17. The molecule has 1 N–H and O–H groups in total. The maximum atomic E-state index is 12.5. The van der Waals surface area contributed by atoms with Gasteiger partial charge in [-0.1, -0.05) is 11.6 Å². The minimum Gasteiger partial charge on any atom is -0.369 e. The molecule has 0 aromatic carbocycles. The van der Waals surface area contributed by atoms with Crippen molar-refractivity contribution in [2.45, 2.75) is 25.2 Å². The third-order valence-corrected chi connectivity index (χ3v) is 4.12. The van der Waals surface area contributed by atoms with Crippen LogP contribution in [0.1, 0.15) is 18.4 Å². The fourth-order valence-corrected chi connectivity index (χ4v) is 2.80. The Morgan fingerprint density at radius 3 is 2.29 bits per heavy atom. The van der Waals surface area contributed by atoms with Gasteiger partial charge in [-0.25, -0.2) is 4.98 Å². The Bertz CT molecular complexity index is 552. The summed E-state index contributed by atoms with van der Waals surface area (Å²) in [7, 11) is 0. The number of anilines is 1. The SMILES string of the molecule is FC(F)(F)CN1CCC(CNc2ncc(C(F)(F)F)cc2Cl)CC1. The molecule has 2 rings (SSSR count). The zero-order valence-corrected chi connectivity index (χ0v) is 13.3. The number of aromatic nitrogens is 1. The minimum absolute atomic E-state index is 0.120. The molecule has 24 heavy (non-hydrogen) atoms. The van der Waals surface area contributed by atoms with Crippen molar-refractivity contribution >= 4 is 17.4 Å². The highest BCUT2D eigenvalue weighted by molar-refractivity contribution is 6.32. The molecule has 1 aliphatic heterocycles. The first kappa shape index (κ1) is 19.1. The third-order valence-electron chi connectivity index (χ3n) is 3.84. The Balaban J connectivity index is 1.83. The number of piperidine rings is 1. The van der Waals surface area contributed by atoms with Gasteiger partial charge in [0.2, 0.25) is 0 Å². The van der Waals surface area contributed by atoms with Crippen LogP contribution in [0.4, 0.5) is 32.2 Å². The summed E-state index contributed by atoms with van der Waals surface area (Å²) in [5, 5.41) is 2.73. The third kappa shape index (κ3) is 5.70. The molecule has 1 aromatic heterocycles. The summed E-state index contributed by atoms with van der Waals surface area (Å²) in [4.78, 5) is 5.02. The van der Waals surface area contributed by atoms with Crippen molar-refractivity contribution < 1.29 is 26.3 Å². The fraction of sp³-hybridized carbons (Fsp3) is 0.643. The molecular weight excluding hydrogens is 360 g/mol. The van der Waals surface area contributed by atoms with Gasteiger partial charge in [-0.05, 0) is 37.9 Å². The van der Waals surface area contributed by atoms with Crippen LogP contribution in [-0.2, 0) is 6.18 Å². The van der Waals surface area contributed by atoms with Gasteiger partial charge in [0.05, 0.1) is 17.1 Å². The molecule has 2 heterocycles. The number of hydrogen-bond acceptors (Lipinski definition) is 3. The van der Waals surface area contributed by atoms with Crippen molar-refractivity contribution in [3.05, 3.63) is 22.8 Å². The summed E-state index contributed by atoms with van der Waals surface area (Å²) in [6, 6.07) is 0.794. The topological polar surface area (TPSA) is 28.2 Å². The molecule has 0 amide bonds. The standard InChI is InChI=1S/C14H16ClF6N3/c15-11-5-10(14(19,20)21)7-23-12(11)22-6-9-1-3-24(4-2-9)8-13(16,17)18/h5,7,9H,1-4,6,8H2,(H,22,23). The maximum absolute atomic E-state index is 12.5. The summed E-state index contributed by atoms with van der Waals surface area (Å²) in [5.74, 6) is 0.261. The molecular formula is C14H16ClF6N3. The molecule has 1 aliphatic rings. The predicted octanol–water partition coefficient (Wildman–Crippen LogP) is 4.44. The van der Waals surface area contributed by atoms with E-state index in [1.54, 1.807) is 0 Å². The molecule has 136 valence electrons. The van der Waals surface area contributed by atoms with Crippen molar-refractivity contribution in [2.75, 3.05) is 31.5 Å². The van der Waals surface area contributed by atoms with Gasteiger partial charge in [0.15, 0.2) is 0 Å². The zero-order valence-electron chi connectivity index (χ0n) is 12.5. The van der Waals surface area contributed by atoms with E-state index in [2.05, 4.69) is 10.3 Å². The molecule has 3 nitrogen and oxygen atoms in total. The van der Waals surface area contributed by atoms with Crippen molar-refractivity contribution in [1.82, 2.24) is 9.88 Å². The van der Waals surface area contributed by atoms with Crippen LogP contribution in [-0.4, -0.2) is 42.2 Å². The number of alkyl halides is 6. The first-order valence-electron chi connectivity index (χ1n) is 7.30. The van der Waals surface area contributed by atoms with Gasteiger partial charge in [-0.3, -0.25) is 4.90 Å². The van der Waals surface area contributed by atoms with E-state index in [1.165, 1.54) is 4.90 Å². The minimum atomic E-state index is -4.51. The summed E-state index contributed by atoms with van der Waals surface area (Å²) >= 11 is 5.79. The largest absolute Gasteiger partial charge is 0.417 e. The number of hydrogen-bond donors (Lipinski definition) is 1. The van der Waals surface area contributed by atoms with Crippen LogP contribution >= 0.6 is 11.6 Å². The van der Waals surface area contributed by atoms with Gasteiger partial charge >= 0.3 is 12.4 Å².